The van der Waals surface area contributed by atoms with Crippen LogP contribution in [0.25, 0.3) is 0 Å². The topological polar surface area (TPSA) is 26.3 Å². The second kappa shape index (κ2) is 5.62. The van der Waals surface area contributed by atoms with Gasteiger partial charge >= 0.3 is 5.97 Å². The molecule has 3 aliphatic rings. The highest BCUT2D eigenvalue weighted by molar-refractivity contribution is 5.70. The Morgan fingerprint density at radius 3 is 2.05 bits per heavy atom. The molecule has 2 bridgehead atoms. The van der Waals surface area contributed by atoms with Gasteiger partial charge in [-0.05, 0) is 76.0 Å². The normalized spacial score (nSPS) is 39.5. The monoisotopic (exact) mass is 288 g/mol. The van der Waals surface area contributed by atoms with Crippen LogP contribution in [0.2, 0.25) is 0 Å². The molecule has 0 spiro atoms. The molecule has 116 valence electrons. The van der Waals surface area contributed by atoms with Crippen molar-refractivity contribution in [3.63, 3.8) is 0 Å². The van der Waals surface area contributed by atoms with Crippen molar-refractivity contribution in [1.82, 2.24) is 0 Å². The average Bonchev–Trinajstić information content (AvgIpc) is 2.80. The number of fused-ring (bicyclic) bond motifs is 5. The summed E-state index contributed by atoms with van der Waals surface area (Å²) in [4.78, 5) is 12.2. The van der Waals surface area contributed by atoms with Crippen molar-refractivity contribution in [3.8, 4) is 0 Å². The van der Waals surface area contributed by atoms with Crippen molar-refractivity contribution in [2.75, 3.05) is 0 Å². The molecule has 21 heavy (non-hydrogen) atoms. The van der Waals surface area contributed by atoms with E-state index in [1.165, 1.54) is 25.7 Å². The third kappa shape index (κ3) is 3.09. The molecule has 2 nitrogen and oxygen atoms in total. The van der Waals surface area contributed by atoms with Gasteiger partial charge in [-0.15, -0.1) is 0 Å². The van der Waals surface area contributed by atoms with Gasteiger partial charge in [0.05, 0.1) is 0 Å². The Labute approximate surface area is 128 Å². The Kier molecular flexibility index (Phi) is 3.98. The zero-order valence-electron chi connectivity index (χ0n) is 13.5. The minimum Gasteiger partial charge on any atom is -0.460 e. The summed E-state index contributed by atoms with van der Waals surface area (Å²) in [5, 5.41) is 0. The van der Waals surface area contributed by atoms with Gasteiger partial charge in [0.25, 0.3) is 0 Å². The summed E-state index contributed by atoms with van der Waals surface area (Å²) in [6, 6.07) is 0. The SMILES string of the molecule is CC(C)(C)OC(=O)CC1C2C=CC1C1CC/C=C/CCC21. The fourth-order valence-electron chi connectivity index (χ4n) is 4.76. The fourth-order valence-corrected chi connectivity index (χ4v) is 4.76. The smallest absolute Gasteiger partial charge is 0.306 e. The Balaban J connectivity index is 1.68. The molecule has 0 N–H and O–H groups in total. The maximum absolute atomic E-state index is 12.2. The zero-order chi connectivity index (χ0) is 15.0. The van der Waals surface area contributed by atoms with E-state index in [9.17, 15) is 4.79 Å². The summed E-state index contributed by atoms with van der Waals surface area (Å²) in [7, 11) is 0. The molecule has 0 aromatic rings. The van der Waals surface area contributed by atoms with Crippen LogP contribution in [0.1, 0.15) is 52.9 Å². The van der Waals surface area contributed by atoms with Crippen LogP contribution >= 0.6 is 0 Å². The maximum Gasteiger partial charge on any atom is 0.306 e. The number of hydrogen-bond acceptors (Lipinski definition) is 2. The Morgan fingerprint density at radius 2 is 1.57 bits per heavy atom. The van der Waals surface area contributed by atoms with Crippen LogP contribution < -0.4 is 0 Å². The molecule has 0 amide bonds. The van der Waals surface area contributed by atoms with E-state index in [1.807, 2.05) is 20.8 Å². The van der Waals surface area contributed by atoms with Crippen molar-refractivity contribution in [1.29, 1.82) is 0 Å². The van der Waals surface area contributed by atoms with Crippen molar-refractivity contribution >= 4 is 5.97 Å². The van der Waals surface area contributed by atoms with E-state index in [0.717, 1.165) is 11.8 Å². The number of allylic oxidation sites excluding steroid dienone is 4. The number of ether oxygens (including phenoxy) is 1. The lowest BCUT2D eigenvalue weighted by molar-refractivity contribution is -0.156. The molecule has 1 saturated carbocycles. The largest absolute Gasteiger partial charge is 0.460 e. The highest BCUT2D eigenvalue weighted by atomic mass is 16.6. The van der Waals surface area contributed by atoms with Gasteiger partial charge in [-0.25, -0.2) is 0 Å². The highest BCUT2D eigenvalue weighted by Crippen LogP contribution is 2.56. The average molecular weight is 288 g/mol. The van der Waals surface area contributed by atoms with E-state index in [2.05, 4.69) is 24.3 Å². The summed E-state index contributed by atoms with van der Waals surface area (Å²) in [5.41, 5.74) is -0.367. The number of esters is 1. The first kappa shape index (κ1) is 14.9. The second-order valence-electron chi connectivity index (χ2n) is 7.95. The summed E-state index contributed by atoms with van der Waals surface area (Å²) in [6.07, 6.45) is 15.1. The molecule has 0 aromatic carbocycles. The molecule has 0 heterocycles. The predicted octanol–water partition coefficient (Wildman–Crippen LogP) is 4.51. The van der Waals surface area contributed by atoms with E-state index in [0.29, 0.717) is 24.2 Å². The van der Waals surface area contributed by atoms with Crippen LogP contribution in [0, 0.1) is 29.6 Å². The number of carbonyl (C=O) groups excluding carboxylic acids is 1. The van der Waals surface area contributed by atoms with E-state index in [4.69, 9.17) is 4.74 Å². The highest BCUT2D eigenvalue weighted by Gasteiger charge is 2.51. The third-order valence-electron chi connectivity index (χ3n) is 5.41. The molecule has 1 fully saturated rings. The Bertz CT molecular complexity index is 429. The summed E-state index contributed by atoms with van der Waals surface area (Å²) < 4.78 is 5.55. The van der Waals surface area contributed by atoms with Gasteiger partial charge in [0, 0.05) is 6.42 Å². The molecule has 4 unspecified atom stereocenters. The lowest BCUT2D eigenvalue weighted by Crippen LogP contribution is -2.26. The third-order valence-corrected chi connectivity index (χ3v) is 5.41. The second-order valence-corrected chi connectivity index (χ2v) is 7.95. The molecular weight excluding hydrogens is 260 g/mol. The first-order valence-corrected chi connectivity index (χ1v) is 8.51. The molecule has 0 radical (unpaired) electrons. The van der Waals surface area contributed by atoms with Crippen molar-refractivity contribution in [2.24, 2.45) is 29.6 Å². The van der Waals surface area contributed by atoms with Crippen molar-refractivity contribution < 1.29 is 9.53 Å². The van der Waals surface area contributed by atoms with Crippen LogP contribution in [0.5, 0.6) is 0 Å². The van der Waals surface area contributed by atoms with Crippen molar-refractivity contribution in [3.05, 3.63) is 24.3 Å². The number of hydrogen-bond donors (Lipinski definition) is 0. The van der Waals surface area contributed by atoms with Gasteiger partial charge in [0.2, 0.25) is 0 Å². The fraction of sp³-hybridized carbons (Fsp3) is 0.737. The minimum atomic E-state index is -0.367. The van der Waals surface area contributed by atoms with E-state index >= 15 is 0 Å². The van der Waals surface area contributed by atoms with Gasteiger partial charge in [0.15, 0.2) is 0 Å². The van der Waals surface area contributed by atoms with Gasteiger partial charge in [-0.2, -0.15) is 0 Å². The predicted molar refractivity (Wildman–Crippen MR) is 84.7 cm³/mol. The summed E-state index contributed by atoms with van der Waals surface area (Å²) in [6.45, 7) is 5.85. The van der Waals surface area contributed by atoms with Gasteiger partial charge in [-0.3, -0.25) is 4.79 Å². The molecule has 0 aromatic heterocycles. The molecule has 0 aliphatic heterocycles. The van der Waals surface area contributed by atoms with Gasteiger partial charge in [0.1, 0.15) is 5.60 Å². The first-order chi connectivity index (χ1) is 9.96. The summed E-state index contributed by atoms with van der Waals surface area (Å²) >= 11 is 0. The first-order valence-electron chi connectivity index (χ1n) is 8.51. The van der Waals surface area contributed by atoms with Crippen LogP contribution in [0.4, 0.5) is 0 Å². The van der Waals surface area contributed by atoms with E-state index in [1.54, 1.807) is 0 Å². The van der Waals surface area contributed by atoms with Gasteiger partial charge < -0.3 is 4.74 Å². The van der Waals surface area contributed by atoms with Crippen molar-refractivity contribution in [2.45, 2.75) is 58.5 Å². The lowest BCUT2D eigenvalue weighted by atomic mass is 9.77. The van der Waals surface area contributed by atoms with Crippen LogP contribution in [0.15, 0.2) is 24.3 Å². The number of carbonyl (C=O) groups is 1. The molecular formula is C19H28O2. The Hall–Kier alpha value is -1.05. The summed E-state index contributed by atoms with van der Waals surface area (Å²) in [5.74, 6) is 3.28. The number of rotatable bonds is 2. The molecule has 0 saturated heterocycles. The molecule has 3 aliphatic carbocycles. The maximum atomic E-state index is 12.2. The van der Waals surface area contributed by atoms with Crippen LogP contribution in [0.3, 0.4) is 0 Å². The lowest BCUT2D eigenvalue weighted by Gasteiger charge is -2.28. The van der Waals surface area contributed by atoms with E-state index in [-0.39, 0.29) is 11.6 Å². The van der Waals surface area contributed by atoms with Crippen LogP contribution in [-0.2, 0) is 9.53 Å². The molecule has 4 atom stereocenters. The standard InChI is InChI=1S/C19H28O2/c1-19(2,3)21-18(20)12-17-15-10-11-16(17)14-9-7-5-4-6-8-13(14)15/h4-5,10-11,13-17H,6-9,12H2,1-3H3/b5-4+. The molecule has 2 heteroatoms. The van der Waals surface area contributed by atoms with Crippen LogP contribution in [-0.4, -0.2) is 11.6 Å². The zero-order valence-corrected chi connectivity index (χ0v) is 13.5. The quantitative estimate of drug-likeness (QED) is 0.552. The van der Waals surface area contributed by atoms with Gasteiger partial charge in [-0.1, -0.05) is 24.3 Å². The minimum absolute atomic E-state index is 0.0152. The Morgan fingerprint density at radius 1 is 1.05 bits per heavy atom. The molecule has 3 rings (SSSR count). The van der Waals surface area contributed by atoms with E-state index < -0.39 is 0 Å².